The molecule has 6 aromatic rings. The number of carbonyl (C=O) groups excluding carboxylic acids is 1. The lowest BCUT2D eigenvalue weighted by molar-refractivity contribution is -0.193. The van der Waals surface area contributed by atoms with E-state index < -0.39 is 44.4 Å². The van der Waals surface area contributed by atoms with Crippen molar-refractivity contribution in [2.45, 2.75) is 30.2 Å². The van der Waals surface area contributed by atoms with Gasteiger partial charge in [-0.3, -0.25) is 9.36 Å². The lowest BCUT2D eigenvalue weighted by Gasteiger charge is -2.37. The van der Waals surface area contributed by atoms with Crippen LogP contribution in [-0.4, -0.2) is 64.6 Å². The molecule has 1 fully saturated rings. The van der Waals surface area contributed by atoms with Crippen LogP contribution in [0.15, 0.2) is 122 Å². The van der Waals surface area contributed by atoms with E-state index in [0.29, 0.717) is 28.2 Å². The van der Waals surface area contributed by atoms with Crippen LogP contribution < -0.4 is 19.7 Å². The first kappa shape index (κ1) is 35.8. The summed E-state index contributed by atoms with van der Waals surface area (Å²) in [6.07, 6.45) is -3.80. The molecule has 0 aliphatic carbocycles. The zero-order valence-corrected chi connectivity index (χ0v) is 29.3. The minimum absolute atomic E-state index is 0.0953. The van der Waals surface area contributed by atoms with Gasteiger partial charge in [0, 0.05) is 5.56 Å². The summed E-state index contributed by atoms with van der Waals surface area (Å²) < 4.78 is 58.9. The van der Waals surface area contributed by atoms with E-state index >= 15 is 4.39 Å². The average Bonchev–Trinajstić information content (AvgIpc) is 3.76. The third kappa shape index (κ3) is 7.10. The van der Waals surface area contributed by atoms with E-state index in [-0.39, 0.29) is 23.6 Å². The minimum Gasteiger partial charge on any atom is -0.566 e. The standard InChI is InChI=1S/C38H33FN5O8P/c1-48-28-17-13-26(14-18-28)38(25-11-7-4-8-12-25,27-15-19-29(49-2)20-16-27)50-21-30-33(52-53(46)47)31(39)37(51-30)44-23-42-32-34(40-22-41-35(32)44)43-36(45)24-9-5-3-6-10-24/h3-20,22-23,30-31,33,37H,21H2,1-2H3,(H,40,41,43,45)/t30-,31+,33+,37-/m1/s1. The molecule has 0 spiro atoms. The van der Waals surface area contributed by atoms with Crippen LogP contribution in [0.25, 0.3) is 11.2 Å². The van der Waals surface area contributed by atoms with Crippen LogP contribution in [0.3, 0.4) is 0 Å². The van der Waals surface area contributed by atoms with Gasteiger partial charge in [0.25, 0.3) is 5.91 Å². The number of methoxy groups -OCH3 is 2. The highest BCUT2D eigenvalue weighted by Gasteiger charge is 2.52. The molecule has 4 aromatic carbocycles. The number of anilines is 1. The molecular formula is C38H33FN5O8P. The Balaban J connectivity index is 1.24. The van der Waals surface area contributed by atoms with E-state index in [1.165, 1.54) is 17.2 Å². The van der Waals surface area contributed by atoms with E-state index in [1.807, 2.05) is 54.6 Å². The highest BCUT2D eigenvalue weighted by atomic mass is 31.1. The number of aromatic nitrogens is 4. The number of imidazole rings is 1. The van der Waals surface area contributed by atoms with Gasteiger partial charge in [-0.2, -0.15) is 0 Å². The van der Waals surface area contributed by atoms with E-state index in [1.54, 1.807) is 68.8 Å². The number of alkyl halides is 1. The molecule has 5 atom stereocenters. The molecule has 1 aliphatic rings. The molecule has 0 saturated carbocycles. The van der Waals surface area contributed by atoms with Crippen LogP contribution >= 0.6 is 8.25 Å². The fourth-order valence-electron chi connectivity index (χ4n) is 6.46. The van der Waals surface area contributed by atoms with Crippen LogP contribution in [0.1, 0.15) is 33.3 Å². The Bertz CT molecular complexity index is 2150. The Morgan fingerprint density at radius 2 is 1.45 bits per heavy atom. The fraction of sp³-hybridized carbons (Fsp3) is 0.211. The number of fused-ring (bicyclic) bond motifs is 1. The maximum absolute atomic E-state index is 16.5. The molecule has 13 nitrogen and oxygen atoms in total. The van der Waals surface area contributed by atoms with Gasteiger partial charge in [0.15, 0.2) is 35.5 Å². The molecule has 3 heterocycles. The van der Waals surface area contributed by atoms with Gasteiger partial charge in [-0.1, -0.05) is 72.8 Å². The van der Waals surface area contributed by atoms with Crippen LogP contribution in [0.4, 0.5) is 10.2 Å². The smallest absolute Gasteiger partial charge is 0.488 e. The van der Waals surface area contributed by atoms with Gasteiger partial charge in [-0.25, -0.2) is 19.3 Å². The number of ether oxygens (including phenoxy) is 4. The fourth-order valence-corrected chi connectivity index (χ4v) is 6.91. The summed E-state index contributed by atoms with van der Waals surface area (Å²) in [6.45, 7) is -0.322. The number of rotatable bonds is 13. The van der Waals surface area contributed by atoms with Crippen molar-refractivity contribution >= 4 is 31.1 Å². The zero-order valence-electron chi connectivity index (χ0n) is 28.4. The number of carbonyl (C=O) groups is 1. The molecule has 1 N–H and O–H groups in total. The SMILES string of the molecule is COc1ccc(C(OC[C@H]2O[C@@H](n3cnc4c(NC(=O)c5ccccc5)ncnc43)[C@@H](F)[C@H]2O[P+](=O)[O-])(c2ccccc2)c2ccc(OC)cc2)cc1. The second-order valence-corrected chi connectivity index (χ2v) is 12.6. The number of hydrogen-bond acceptors (Lipinski definition) is 11. The van der Waals surface area contributed by atoms with Crippen LogP contribution in [0.5, 0.6) is 11.5 Å². The molecule has 0 bridgehead atoms. The van der Waals surface area contributed by atoms with Crippen molar-refractivity contribution in [1.29, 1.82) is 0 Å². The lowest BCUT2D eigenvalue weighted by atomic mass is 9.80. The summed E-state index contributed by atoms with van der Waals surface area (Å²) in [5, 5.41) is 2.72. The molecule has 1 aliphatic heterocycles. The predicted octanol–water partition coefficient (Wildman–Crippen LogP) is 5.74. The van der Waals surface area contributed by atoms with Gasteiger partial charge >= 0.3 is 8.25 Å². The highest BCUT2D eigenvalue weighted by Crippen LogP contribution is 2.44. The Kier molecular flexibility index (Phi) is 10.5. The molecular weight excluding hydrogens is 704 g/mol. The quantitative estimate of drug-likeness (QED) is 0.114. The van der Waals surface area contributed by atoms with Crippen molar-refractivity contribution in [3.63, 3.8) is 0 Å². The summed E-state index contributed by atoms with van der Waals surface area (Å²) in [6, 6.07) is 32.6. The van der Waals surface area contributed by atoms with E-state index in [0.717, 1.165) is 5.56 Å². The van der Waals surface area contributed by atoms with Crippen molar-refractivity contribution < 1.29 is 42.1 Å². The van der Waals surface area contributed by atoms with Gasteiger partial charge in [-0.15, -0.1) is 4.52 Å². The molecule has 1 saturated heterocycles. The van der Waals surface area contributed by atoms with Crippen LogP contribution in [-0.2, 0) is 24.2 Å². The van der Waals surface area contributed by atoms with E-state index in [2.05, 4.69) is 20.3 Å². The molecule has 2 aromatic heterocycles. The summed E-state index contributed by atoms with van der Waals surface area (Å²) in [5.74, 6) is 0.915. The predicted molar refractivity (Wildman–Crippen MR) is 189 cm³/mol. The number of halogens is 1. The number of amides is 1. The molecule has 1 amide bonds. The van der Waals surface area contributed by atoms with Crippen LogP contribution in [0, 0.1) is 0 Å². The van der Waals surface area contributed by atoms with E-state index in [9.17, 15) is 14.3 Å². The second-order valence-electron chi connectivity index (χ2n) is 12.0. The Labute approximate surface area is 304 Å². The summed E-state index contributed by atoms with van der Waals surface area (Å²) in [4.78, 5) is 37.7. The molecule has 53 heavy (non-hydrogen) atoms. The Morgan fingerprint density at radius 3 is 2.04 bits per heavy atom. The zero-order chi connectivity index (χ0) is 37.0. The van der Waals surface area contributed by atoms with Crippen LogP contribution in [0.2, 0.25) is 0 Å². The van der Waals surface area contributed by atoms with Gasteiger partial charge < -0.3 is 29.2 Å². The number of hydrogen-bond donors (Lipinski definition) is 1. The third-order valence-electron chi connectivity index (χ3n) is 9.01. The largest absolute Gasteiger partial charge is 0.566 e. The molecule has 0 radical (unpaired) electrons. The van der Waals surface area contributed by atoms with Gasteiger partial charge in [0.1, 0.15) is 29.5 Å². The maximum Gasteiger partial charge on any atom is 0.488 e. The average molecular weight is 738 g/mol. The minimum atomic E-state index is -3.50. The number of nitrogens with one attached hydrogen (secondary N) is 1. The van der Waals surface area contributed by atoms with Gasteiger partial charge in [0.2, 0.25) is 0 Å². The van der Waals surface area contributed by atoms with Crippen molar-refractivity contribution in [2.24, 2.45) is 0 Å². The number of benzene rings is 4. The van der Waals surface area contributed by atoms with Crippen molar-refractivity contribution in [1.82, 2.24) is 19.5 Å². The first-order valence-corrected chi connectivity index (χ1v) is 17.5. The summed E-state index contributed by atoms with van der Waals surface area (Å²) >= 11 is 0. The Hall–Kier alpha value is -5.63. The Morgan fingerprint density at radius 1 is 0.868 bits per heavy atom. The first-order chi connectivity index (χ1) is 25.8. The number of nitrogens with zero attached hydrogens (tertiary/aromatic N) is 4. The summed E-state index contributed by atoms with van der Waals surface area (Å²) in [7, 11) is -0.360. The normalized spacial score (nSPS) is 18.8. The third-order valence-corrected chi connectivity index (χ3v) is 9.43. The van der Waals surface area contributed by atoms with E-state index in [4.69, 9.17) is 23.5 Å². The topological polar surface area (TPSA) is 159 Å². The molecule has 7 rings (SSSR count). The lowest BCUT2D eigenvalue weighted by Crippen LogP contribution is -2.39. The highest BCUT2D eigenvalue weighted by molar-refractivity contribution is 7.30. The monoisotopic (exact) mass is 737 g/mol. The van der Waals surface area contributed by atoms with Crippen molar-refractivity contribution in [2.75, 3.05) is 26.1 Å². The molecule has 15 heteroatoms. The first-order valence-electron chi connectivity index (χ1n) is 16.5. The van der Waals surface area contributed by atoms with Gasteiger partial charge in [0.05, 0.1) is 27.2 Å². The molecule has 1 unspecified atom stereocenters. The van der Waals surface area contributed by atoms with Crippen molar-refractivity contribution in [3.8, 4) is 11.5 Å². The van der Waals surface area contributed by atoms with Gasteiger partial charge in [-0.05, 0) is 57.7 Å². The van der Waals surface area contributed by atoms with Crippen molar-refractivity contribution in [3.05, 3.63) is 144 Å². The summed E-state index contributed by atoms with van der Waals surface area (Å²) in [5.41, 5.74) is 1.53. The maximum atomic E-state index is 16.5. The second kappa shape index (κ2) is 15.5. The molecule has 270 valence electrons.